The number of anilines is 2. The number of aromatic nitrogens is 2. The highest BCUT2D eigenvalue weighted by Crippen LogP contribution is 2.46. The molecule has 172 valence electrons. The molecule has 9 nitrogen and oxygen atoms in total. The quantitative estimate of drug-likeness (QED) is 0.474. The van der Waals surface area contributed by atoms with Crippen molar-refractivity contribution in [1.29, 1.82) is 0 Å². The van der Waals surface area contributed by atoms with Gasteiger partial charge >= 0.3 is 6.03 Å². The molecule has 1 aromatic heterocycles. The Hall–Kier alpha value is -2.72. The average Bonchev–Trinajstić information content (AvgIpc) is 3.42. The number of urea groups is 1. The summed E-state index contributed by atoms with van der Waals surface area (Å²) in [6, 6.07) is 8.63. The summed E-state index contributed by atoms with van der Waals surface area (Å²) < 4.78 is 25.4. The Morgan fingerprint density at radius 2 is 1.84 bits per heavy atom. The third-order valence-corrected chi connectivity index (χ3v) is 8.74. The number of benzene rings is 1. The van der Waals surface area contributed by atoms with Crippen molar-refractivity contribution in [3.8, 4) is 11.4 Å². The second kappa shape index (κ2) is 9.03. The van der Waals surface area contributed by atoms with Gasteiger partial charge in [0.2, 0.25) is 0 Å². The van der Waals surface area contributed by atoms with Crippen LogP contribution in [0.1, 0.15) is 50.6 Å². The van der Waals surface area contributed by atoms with E-state index in [-0.39, 0.29) is 36.7 Å². The summed E-state index contributed by atoms with van der Waals surface area (Å²) in [5, 5.41) is 14.8. The molecule has 0 atom stereocenters. The zero-order valence-electron chi connectivity index (χ0n) is 17.9. The van der Waals surface area contributed by atoms with E-state index in [0.29, 0.717) is 35.6 Å². The minimum Gasteiger partial charge on any atom is -0.396 e. The van der Waals surface area contributed by atoms with Crippen LogP contribution in [0.4, 0.5) is 16.3 Å². The molecule has 5 N–H and O–H groups in total. The fraction of sp³-hybridized carbons (Fsp3) is 0.500. The number of aliphatic hydroxyl groups is 1. The van der Waals surface area contributed by atoms with Gasteiger partial charge in [-0.25, -0.2) is 23.2 Å². The van der Waals surface area contributed by atoms with Gasteiger partial charge in [-0.1, -0.05) is 12.8 Å². The van der Waals surface area contributed by atoms with E-state index in [1.54, 1.807) is 30.3 Å². The third kappa shape index (κ3) is 4.71. The van der Waals surface area contributed by atoms with Crippen LogP contribution in [0.15, 0.2) is 30.3 Å². The van der Waals surface area contributed by atoms with Gasteiger partial charge in [-0.05, 0) is 56.4 Å². The molecular weight excluding hydrogens is 430 g/mol. The molecule has 2 fully saturated rings. The van der Waals surface area contributed by atoms with E-state index in [0.717, 1.165) is 25.7 Å². The number of hydrogen-bond donors (Lipinski definition) is 4. The molecular formula is C22H29N5O4S. The largest absolute Gasteiger partial charge is 0.396 e. The molecule has 1 aromatic carbocycles. The molecule has 0 aliphatic heterocycles. The summed E-state index contributed by atoms with van der Waals surface area (Å²) in [5.41, 5.74) is 7.79. The van der Waals surface area contributed by atoms with Crippen LogP contribution in [0.3, 0.4) is 0 Å². The lowest BCUT2D eigenvalue weighted by Gasteiger charge is -2.28. The first-order chi connectivity index (χ1) is 15.3. The summed E-state index contributed by atoms with van der Waals surface area (Å²) in [6.07, 6.45) is 4.77. The van der Waals surface area contributed by atoms with Crippen molar-refractivity contribution in [2.24, 2.45) is 0 Å². The van der Waals surface area contributed by atoms with Crippen molar-refractivity contribution in [2.75, 3.05) is 23.4 Å². The maximum Gasteiger partial charge on any atom is 0.319 e. The summed E-state index contributed by atoms with van der Waals surface area (Å²) >= 11 is 0. The molecule has 2 amide bonds. The van der Waals surface area contributed by atoms with Crippen LogP contribution in [-0.4, -0.2) is 47.9 Å². The van der Waals surface area contributed by atoms with E-state index in [1.807, 2.05) is 0 Å². The normalized spacial score (nSPS) is 17.8. The van der Waals surface area contributed by atoms with Crippen LogP contribution in [0.5, 0.6) is 0 Å². The Labute approximate surface area is 187 Å². The Bertz CT molecular complexity index is 1080. The molecule has 32 heavy (non-hydrogen) atoms. The third-order valence-electron chi connectivity index (χ3n) is 6.10. The van der Waals surface area contributed by atoms with Crippen molar-refractivity contribution in [2.45, 2.75) is 55.7 Å². The summed E-state index contributed by atoms with van der Waals surface area (Å²) in [5.74, 6) is 0.462. The highest BCUT2D eigenvalue weighted by atomic mass is 32.2. The first-order valence-electron chi connectivity index (χ1n) is 11.0. The smallest absolute Gasteiger partial charge is 0.319 e. The molecule has 2 saturated carbocycles. The molecule has 1 heterocycles. The molecule has 10 heteroatoms. The predicted octanol–water partition coefficient (Wildman–Crippen LogP) is 2.58. The van der Waals surface area contributed by atoms with Gasteiger partial charge in [0, 0.05) is 30.0 Å². The van der Waals surface area contributed by atoms with Gasteiger partial charge in [0.05, 0.1) is 11.4 Å². The Kier molecular flexibility index (Phi) is 6.34. The van der Waals surface area contributed by atoms with E-state index >= 15 is 0 Å². The number of sulfone groups is 1. The number of amides is 2. The van der Waals surface area contributed by atoms with E-state index in [2.05, 4.69) is 20.6 Å². The monoisotopic (exact) mass is 459 g/mol. The van der Waals surface area contributed by atoms with Crippen molar-refractivity contribution in [1.82, 2.24) is 15.3 Å². The highest BCUT2D eigenvalue weighted by molar-refractivity contribution is 7.92. The van der Waals surface area contributed by atoms with Crippen molar-refractivity contribution in [3.63, 3.8) is 0 Å². The van der Waals surface area contributed by atoms with E-state index < -0.39 is 14.6 Å². The minimum atomic E-state index is -3.54. The predicted molar refractivity (Wildman–Crippen MR) is 123 cm³/mol. The molecule has 2 aliphatic rings. The molecule has 0 radical (unpaired) electrons. The van der Waals surface area contributed by atoms with Crippen LogP contribution < -0.4 is 16.4 Å². The first kappa shape index (κ1) is 22.5. The zero-order chi connectivity index (χ0) is 22.8. The molecule has 0 spiro atoms. The SMILES string of the molecule is Nc1cc(C2(S(=O)(=O)CCCO)CCCC2)nc(-c2ccc(NC(=O)NC3CC3)cc2)n1. The van der Waals surface area contributed by atoms with Crippen LogP contribution in [0.25, 0.3) is 11.4 Å². The minimum absolute atomic E-state index is 0.0912. The molecule has 0 unspecified atom stereocenters. The number of carbonyl (C=O) groups is 1. The molecule has 0 saturated heterocycles. The number of carbonyl (C=O) groups excluding carboxylic acids is 1. The Morgan fingerprint density at radius 1 is 1.16 bits per heavy atom. The number of nitrogens with one attached hydrogen (secondary N) is 2. The van der Waals surface area contributed by atoms with Crippen molar-refractivity contribution in [3.05, 3.63) is 36.0 Å². The van der Waals surface area contributed by atoms with Gasteiger partial charge < -0.3 is 21.5 Å². The van der Waals surface area contributed by atoms with Gasteiger partial charge in [0.25, 0.3) is 0 Å². The highest BCUT2D eigenvalue weighted by Gasteiger charge is 2.48. The molecule has 2 aromatic rings. The van der Waals surface area contributed by atoms with E-state index in [4.69, 9.17) is 10.8 Å². The van der Waals surface area contributed by atoms with Crippen LogP contribution >= 0.6 is 0 Å². The topological polar surface area (TPSA) is 147 Å². The van der Waals surface area contributed by atoms with Gasteiger partial charge in [-0.3, -0.25) is 0 Å². The van der Waals surface area contributed by atoms with Crippen LogP contribution in [0, 0.1) is 0 Å². The lowest BCUT2D eigenvalue weighted by molar-refractivity contribution is 0.251. The van der Waals surface area contributed by atoms with Gasteiger partial charge in [0.1, 0.15) is 10.6 Å². The first-order valence-corrected chi connectivity index (χ1v) is 12.6. The second-order valence-corrected chi connectivity index (χ2v) is 11.0. The van der Waals surface area contributed by atoms with Gasteiger partial charge in [-0.15, -0.1) is 0 Å². The molecule has 4 rings (SSSR count). The van der Waals surface area contributed by atoms with E-state index in [9.17, 15) is 13.2 Å². The standard InChI is InChI=1S/C22H29N5O4S/c23-19-14-18(22(10-1-2-11-22)32(30,31)13-3-12-28)26-20(27-19)15-4-6-16(7-5-15)24-21(29)25-17-8-9-17/h4-7,14,17,28H,1-3,8-13H2,(H2,23,26,27)(H2,24,25,29). The van der Waals surface area contributed by atoms with E-state index in [1.165, 1.54) is 0 Å². The van der Waals surface area contributed by atoms with Gasteiger partial charge in [-0.2, -0.15) is 0 Å². The fourth-order valence-electron chi connectivity index (χ4n) is 4.23. The number of hydrogen-bond acceptors (Lipinski definition) is 7. The second-order valence-electron chi connectivity index (χ2n) is 8.55. The lowest BCUT2D eigenvalue weighted by Crippen LogP contribution is -2.36. The maximum atomic E-state index is 13.2. The molecule has 2 aliphatic carbocycles. The fourth-order valence-corrected chi connectivity index (χ4v) is 6.47. The van der Waals surface area contributed by atoms with Crippen LogP contribution in [-0.2, 0) is 14.6 Å². The summed E-state index contributed by atoms with van der Waals surface area (Å²) in [7, 11) is -3.54. The number of nitrogens with zero attached hydrogens (tertiary/aromatic N) is 2. The number of nitrogens with two attached hydrogens (primary N) is 1. The van der Waals surface area contributed by atoms with Crippen molar-refractivity contribution >= 4 is 27.4 Å². The maximum absolute atomic E-state index is 13.2. The van der Waals surface area contributed by atoms with Gasteiger partial charge in [0.15, 0.2) is 15.7 Å². The Balaban J connectivity index is 1.61. The lowest BCUT2D eigenvalue weighted by atomic mass is 10.0. The Morgan fingerprint density at radius 3 is 2.47 bits per heavy atom. The summed E-state index contributed by atoms with van der Waals surface area (Å²) in [6.45, 7) is -0.175. The summed E-state index contributed by atoms with van der Waals surface area (Å²) in [4.78, 5) is 20.9. The zero-order valence-corrected chi connectivity index (χ0v) is 18.7. The number of aliphatic hydroxyl groups excluding tert-OH is 1. The average molecular weight is 460 g/mol. The molecule has 0 bridgehead atoms. The van der Waals surface area contributed by atoms with Crippen molar-refractivity contribution < 1.29 is 18.3 Å². The van der Waals surface area contributed by atoms with Crippen LogP contribution in [0.2, 0.25) is 0 Å². The number of rotatable bonds is 8. The number of nitrogen functional groups attached to an aromatic ring is 1.